The fourth-order valence-electron chi connectivity index (χ4n) is 3.25. The standard InChI is InChI=1S/C19H24N4O/c1-13-9-14(2)11-17(10-13)22-18(24)16-5-4-8-23(12-16)19-20-7-6-15(3)21-19/h6-7,9-11,16H,4-5,8,12H2,1-3H3,(H,22,24)/t16-/m1/s1. The molecular weight excluding hydrogens is 300 g/mol. The van der Waals surface area contributed by atoms with Crippen LogP contribution in [0.15, 0.2) is 30.5 Å². The van der Waals surface area contributed by atoms with Crippen molar-refractivity contribution in [1.82, 2.24) is 9.97 Å². The number of nitrogens with one attached hydrogen (secondary N) is 1. The van der Waals surface area contributed by atoms with E-state index in [9.17, 15) is 4.79 Å². The van der Waals surface area contributed by atoms with E-state index in [0.717, 1.165) is 47.8 Å². The molecule has 0 unspecified atom stereocenters. The molecule has 5 nitrogen and oxygen atoms in total. The summed E-state index contributed by atoms with van der Waals surface area (Å²) in [4.78, 5) is 23.6. The highest BCUT2D eigenvalue weighted by atomic mass is 16.1. The van der Waals surface area contributed by atoms with Crippen molar-refractivity contribution in [2.45, 2.75) is 33.6 Å². The van der Waals surface area contributed by atoms with Gasteiger partial charge in [0.2, 0.25) is 11.9 Å². The van der Waals surface area contributed by atoms with Crippen LogP contribution in [0.25, 0.3) is 0 Å². The van der Waals surface area contributed by atoms with Gasteiger partial charge in [0, 0.05) is 30.7 Å². The molecule has 2 heterocycles. The first-order valence-corrected chi connectivity index (χ1v) is 8.45. The Hall–Kier alpha value is -2.43. The number of anilines is 2. The normalized spacial score (nSPS) is 17.6. The van der Waals surface area contributed by atoms with Gasteiger partial charge in [0.15, 0.2) is 0 Å². The number of nitrogens with zero attached hydrogens (tertiary/aromatic N) is 3. The van der Waals surface area contributed by atoms with Crippen LogP contribution < -0.4 is 10.2 Å². The third-order valence-electron chi connectivity index (χ3n) is 4.35. The van der Waals surface area contributed by atoms with Crippen molar-refractivity contribution in [2.75, 3.05) is 23.3 Å². The summed E-state index contributed by atoms with van der Waals surface area (Å²) in [6.45, 7) is 7.61. The Balaban J connectivity index is 1.69. The van der Waals surface area contributed by atoms with E-state index in [0.29, 0.717) is 6.54 Å². The largest absolute Gasteiger partial charge is 0.340 e. The molecule has 0 aliphatic carbocycles. The van der Waals surface area contributed by atoms with E-state index in [2.05, 4.69) is 26.3 Å². The molecular formula is C19H24N4O. The fraction of sp³-hybridized carbons (Fsp3) is 0.421. The molecule has 2 aromatic rings. The lowest BCUT2D eigenvalue weighted by Crippen LogP contribution is -2.41. The van der Waals surface area contributed by atoms with E-state index in [4.69, 9.17) is 0 Å². The topological polar surface area (TPSA) is 58.1 Å². The zero-order valence-corrected chi connectivity index (χ0v) is 14.5. The fourth-order valence-corrected chi connectivity index (χ4v) is 3.25. The molecule has 126 valence electrons. The highest BCUT2D eigenvalue weighted by Crippen LogP contribution is 2.22. The van der Waals surface area contributed by atoms with Crippen molar-refractivity contribution in [3.63, 3.8) is 0 Å². The zero-order valence-electron chi connectivity index (χ0n) is 14.5. The molecule has 1 amide bonds. The van der Waals surface area contributed by atoms with Crippen LogP contribution in [0.4, 0.5) is 11.6 Å². The number of carbonyl (C=O) groups excluding carboxylic acids is 1. The maximum Gasteiger partial charge on any atom is 0.229 e. The minimum atomic E-state index is -0.0383. The molecule has 1 N–H and O–H groups in total. The summed E-state index contributed by atoms with van der Waals surface area (Å²) in [7, 11) is 0. The summed E-state index contributed by atoms with van der Waals surface area (Å²) >= 11 is 0. The molecule has 1 aromatic carbocycles. The van der Waals surface area contributed by atoms with Gasteiger partial charge in [0.05, 0.1) is 5.92 Å². The maximum absolute atomic E-state index is 12.7. The number of aryl methyl sites for hydroxylation is 3. The van der Waals surface area contributed by atoms with Crippen molar-refractivity contribution >= 4 is 17.5 Å². The smallest absolute Gasteiger partial charge is 0.229 e. The summed E-state index contributed by atoms with van der Waals surface area (Å²) in [6, 6.07) is 8.01. The minimum absolute atomic E-state index is 0.0383. The van der Waals surface area contributed by atoms with Gasteiger partial charge < -0.3 is 10.2 Å². The highest BCUT2D eigenvalue weighted by Gasteiger charge is 2.27. The lowest BCUT2D eigenvalue weighted by Gasteiger charge is -2.32. The predicted octanol–water partition coefficient (Wildman–Crippen LogP) is 3.26. The van der Waals surface area contributed by atoms with Gasteiger partial charge in [0.25, 0.3) is 0 Å². The quantitative estimate of drug-likeness (QED) is 0.941. The van der Waals surface area contributed by atoms with Crippen molar-refractivity contribution in [3.05, 3.63) is 47.3 Å². The maximum atomic E-state index is 12.7. The van der Waals surface area contributed by atoms with Crippen LogP contribution in [-0.2, 0) is 4.79 Å². The average Bonchev–Trinajstić information content (AvgIpc) is 2.54. The van der Waals surface area contributed by atoms with Gasteiger partial charge in [-0.2, -0.15) is 0 Å². The molecule has 1 aliphatic heterocycles. The third kappa shape index (κ3) is 3.91. The first-order chi connectivity index (χ1) is 11.5. The summed E-state index contributed by atoms with van der Waals surface area (Å²) < 4.78 is 0. The van der Waals surface area contributed by atoms with Gasteiger partial charge in [-0.05, 0) is 62.9 Å². The van der Waals surface area contributed by atoms with Gasteiger partial charge in [-0.3, -0.25) is 4.79 Å². The van der Waals surface area contributed by atoms with Crippen LogP contribution in [-0.4, -0.2) is 29.0 Å². The van der Waals surface area contributed by atoms with Crippen molar-refractivity contribution in [1.29, 1.82) is 0 Å². The van der Waals surface area contributed by atoms with Crippen LogP contribution in [0.2, 0.25) is 0 Å². The number of carbonyl (C=O) groups is 1. The van der Waals surface area contributed by atoms with E-state index < -0.39 is 0 Å². The molecule has 5 heteroatoms. The van der Waals surface area contributed by atoms with Crippen LogP contribution >= 0.6 is 0 Å². The SMILES string of the molecule is Cc1cc(C)cc(NC(=O)[C@@H]2CCCN(c3nccc(C)n3)C2)c1. The molecule has 24 heavy (non-hydrogen) atoms. The molecule has 0 radical (unpaired) electrons. The first-order valence-electron chi connectivity index (χ1n) is 8.45. The monoisotopic (exact) mass is 324 g/mol. The first kappa shape index (κ1) is 16.4. The molecule has 0 saturated carbocycles. The number of amides is 1. The molecule has 1 aromatic heterocycles. The number of piperidine rings is 1. The van der Waals surface area contributed by atoms with Crippen molar-refractivity contribution in [3.8, 4) is 0 Å². The van der Waals surface area contributed by atoms with Crippen LogP contribution in [0.5, 0.6) is 0 Å². The summed E-state index contributed by atoms with van der Waals surface area (Å²) in [5.74, 6) is 0.764. The second-order valence-electron chi connectivity index (χ2n) is 6.65. The van der Waals surface area contributed by atoms with Crippen LogP contribution in [0.3, 0.4) is 0 Å². The van der Waals surface area contributed by atoms with Crippen LogP contribution in [0.1, 0.15) is 29.7 Å². The second kappa shape index (κ2) is 6.99. The van der Waals surface area contributed by atoms with Crippen molar-refractivity contribution < 1.29 is 4.79 Å². The minimum Gasteiger partial charge on any atom is -0.340 e. The van der Waals surface area contributed by atoms with E-state index in [-0.39, 0.29) is 11.8 Å². The number of aromatic nitrogens is 2. The Bertz CT molecular complexity index is 724. The zero-order chi connectivity index (χ0) is 17.1. The van der Waals surface area contributed by atoms with Gasteiger partial charge in [-0.25, -0.2) is 9.97 Å². The molecule has 1 saturated heterocycles. The molecule has 1 aliphatic rings. The number of benzene rings is 1. The van der Waals surface area contributed by atoms with E-state index in [1.165, 1.54) is 0 Å². The second-order valence-corrected chi connectivity index (χ2v) is 6.65. The van der Waals surface area contributed by atoms with Crippen LogP contribution in [0, 0.1) is 26.7 Å². The Morgan fingerprint density at radius 1 is 1.21 bits per heavy atom. The Kier molecular flexibility index (Phi) is 4.79. The van der Waals surface area contributed by atoms with Gasteiger partial charge >= 0.3 is 0 Å². The predicted molar refractivity (Wildman–Crippen MR) is 96.3 cm³/mol. The summed E-state index contributed by atoms with van der Waals surface area (Å²) in [5.41, 5.74) is 4.13. The molecule has 3 rings (SSSR count). The lowest BCUT2D eigenvalue weighted by atomic mass is 9.97. The summed E-state index contributed by atoms with van der Waals surface area (Å²) in [6.07, 6.45) is 3.65. The Labute approximate surface area is 143 Å². The number of rotatable bonds is 3. The van der Waals surface area contributed by atoms with Gasteiger partial charge in [-0.15, -0.1) is 0 Å². The third-order valence-corrected chi connectivity index (χ3v) is 4.35. The average molecular weight is 324 g/mol. The van der Waals surface area contributed by atoms with Gasteiger partial charge in [-0.1, -0.05) is 6.07 Å². The van der Waals surface area contributed by atoms with E-state index in [1.807, 2.05) is 39.0 Å². The molecule has 0 bridgehead atoms. The number of hydrogen-bond acceptors (Lipinski definition) is 4. The Morgan fingerprint density at radius 3 is 2.67 bits per heavy atom. The van der Waals surface area contributed by atoms with Gasteiger partial charge in [0.1, 0.15) is 0 Å². The summed E-state index contributed by atoms with van der Waals surface area (Å²) in [5, 5.41) is 3.07. The molecule has 1 atom stereocenters. The van der Waals surface area contributed by atoms with E-state index >= 15 is 0 Å². The number of hydrogen-bond donors (Lipinski definition) is 1. The van der Waals surface area contributed by atoms with E-state index in [1.54, 1.807) is 6.20 Å². The molecule has 0 spiro atoms. The lowest BCUT2D eigenvalue weighted by molar-refractivity contribution is -0.120. The highest BCUT2D eigenvalue weighted by molar-refractivity contribution is 5.93. The Morgan fingerprint density at radius 2 is 1.96 bits per heavy atom. The van der Waals surface area contributed by atoms with Crippen molar-refractivity contribution in [2.24, 2.45) is 5.92 Å². The molecule has 1 fully saturated rings.